The zero-order valence-electron chi connectivity index (χ0n) is 5.00. The molecule has 3 nitrogen and oxygen atoms in total. The van der Waals surface area contributed by atoms with E-state index in [1.165, 1.54) is 0 Å². The van der Waals surface area contributed by atoms with Gasteiger partial charge in [0.2, 0.25) is 0 Å². The van der Waals surface area contributed by atoms with E-state index in [-0.39, 0.29) is 0 Å². The summed E-state index contributed by atoms with van der Waals surface area (Å²) in [6, 6.07) is 0. The molecule has 0 saturated heterocycles. The van der Waals surface area contributed by atoms with Crippen LogP contribution in [0.4, 0.5) is 0 Å². The molecule has 1 aromatic rings. The first-order chi connectivity index (χ1) is 4.47. The molecule has 0 amide bonds. The molecule has 9 heavy (non-hydrogen) atoms. The van der Waals surface area contributed by atoms with Gasteiger partial charge in [-0.15, -0.1) is 0 Å². The van der Waals surface area contributed by atoms with E-state index in [1.807, 2.05) is 0 Å². The lowest BCUT2D eigenvalue weighted by atomic mass is 10.1. The summed E-state index contributed by atoms with van der Waals surface area (Å²) in [5.41, 5.74) is 1.15. The molecule has 0 bridgehead atoms. The van der Waals surface area contributed by atoms with Crippen molar-refractivity contribution in [2.75, 3.05) is 6.54 Å². The van der Waals surface area contributed by atoms with Gasteiger partial charge in [-0.3, -0.25) is 0 Å². The van der Waals surface area contributed by atoms with Crippen LogP contribution < -0.4 is 5.32 Å². The van der Waals surface area contributed by atoms with E-state index in [1.54, 1.807) is 6.20 Å². The van der Waals surface area contributed by atoms with E-state index in [0.29, 0.717) is 0 Å². The maximum atomic E-state index is 4.95. The summed E-state index contributed by atoms with van der Waals surface area (Å²) >= 11 is 0. The standard InChI is InChI=1S/C6H7N2O/c1-2-7-3-5-4-8-9-6(1)5/h4H,1-3H2. The van der Waals surface area contributed by atoms with E-state index >= 15 is 0 Å². The number of rotatable bonds is 0. The zero-order valence-corrected chi connectivity index (χ0v) is 5.00. The van der Waals surface area contributed by atoms with Crippen molar-refractivity contribution >= 4 is 0 Å². The van der Waals surface area contributed by atoms with Crippen LogP contribution in [0.5, 0.6) is 0 Å². The van der Waals surface area contributed by atoms with E-state index in [2.05, 4.69) is 10.5 Å². The number of aromatic nitrogens is 1. The summed E-state index contributed by atoms with van der Waals surface area (Å²) in [4.78, 5) is 0. The summed E-state index contributed by atoms with van der Waals surface area (Å²) in [6.07, 6.45) is 2.67. The molecule has 0 aliphatic carbocycles. The molecule has 0 unspecified atom stereocenters. The second kappa shape index (κ2) is 1.84. The Balaban J connectivity index is 2.39. The van der Waals surface area contributed by atoms with E-state index in [0.717, 1.165) is 30.8 Å². The Bertz CT molecular complexity index is 186. The zero-order chi connectivity index (χ0) is 6.10. The molecule has 0 spiro atoms. The number of hydrogen-bond acceptors (Lipinski definition) is 2. The SMILES string of the molecule is c1noc2c1C[N]CC2. The van der Waals surface area contributed by atoms with Crippen LogP contribution in [-0.4, -0.2) is 11.7 Å². The summed E-state index contributed by atoms with van der Waals surface area (Å²) in [5.74, 6) is 1.02. The molecular formula is C6H7N2O. The Morgan fingerprint density at radius 3 is 3.44 bits per heavy atom. The van der Waals surface area contributed by atoms with E-state index < -0.39 is 0 Å². The van der Waals surface area contributed by atoms with Gasteiger partial charge >= 0.3 is 0 Å². The normalized spacial score (nSPS) is 17.3. The monoisotopic (exact) mass is 123 g/mol. The van der Waals surface area contributed by atoms with Crippen LogP contribution in [0.3, 0.4) is 0 Å². The lowest BCUT2D eigenvalue weighted by Crippen LogP contribution is -2.15. The smallest absolute Gasteiger partial charge is 0.142 e. The third-order valence-electron chi connectivity index (χ3n) is 1.51. The fraction of sp³-hybridized carbons (Fsp3) is 0.500. The van der Waals surface area contributed by atoms with Crippen LogP contribution >= 0.6 is 0 Å². The maximum absolute atomic E-state index is 4.95. The Labute approximate surface area is 53.0 Å². The van der Waals surface area contributed by atoms with Crippen molar-refractivity contribution < 1.29 is 4.52 Å². The van der Waals surface area contributed by atoms with Gasteiger partial charge in [-0.1, -0.05) is 5.16 Å². The molecule has 0 fully saturated rings. The van der Waals surface area contributed by atoms with Crippen molar-refractivity contribution in [3.63, 3.8) is 0 Å². The molecular weight excluding hydrogens is 116 g/mol. The second-order valence-electron chi connectivity index (χ2n) is 2.13. The van der Waals surface area contributed by atoms with Crippen molar-refractivity contribution in [3.8, 4) is 0 Å². The molecule has 2 heterocycles. The van der Waals surface area contributed by atoms with Crippen LogP contribution in [-0.2, 0) is 13.0 Å². The predicted octanol–water partition coefficient (Wildman–Crippen LogP) is 0.335. The van der Waals surface area contributed by atoms with Gasteiger partial charge in [-0.2, -0.15) is 0 Å². The largest absolute Gasteiger partial charge is 0.361 e. The highest BCUT2D eigenvalue weighted by molar-refractivity contribution is 5.15. The van der Waals surface area contributed by atoms with Crippen LogP contribution in [0.1, 0.15) is 11.3 Å². The number of hydrogen-bond donors (Lipinski definition) is 0. The summed E-state index contributed by atoms with van der Waals surface area (Å²) in [7, 11) is 0. The predicted molar refractivity (Wildman–Crippen MR) is 30.9 cm³/mol. The summed E-state index contributed by atoms with van der Waals surface area (Å²) in [6.45, 7) is 1.68. The maximum Gasteiger partial charge on any atom is 0.142 e. The van der Waals surface area contributed by atoms with Crippen molar-refractivity contribution in [2.45, 2.75) is 13.0 Å². The molecule has 1 aromatic heterocycles. The molecule has 0 N–H and O–H groups in total. The van der Waals surface area contributed by atoms with Gasteiger partial charge in [0, 0.05) is 25.1 Å². The fourth-order valence-electron chi connectivity index (χ4n) is 1.000. The van der Waals surface area contributed by atoms with E-state index in [4.69, 9.17) is 4.52 Å². The highest BCUT2D eigenvalue weighted by Crippen LogP contribution is 2.11. The molecule has 1 aliphatic heterocycles. The van der Waals surface area contributed by atoms with Crippen molar-refractivity contribution in [2.24, 2.45) is 0 Å². The van der Waals surface area contributed by atoms with Gasteiger partial charge in [-0.25, -0.2) is 5.32 Å². The van der Waals surface area contributed by atoms with Gasteiger partial charge < -0.3 is 4.52 Å². The molecule has 0 aromatic carbocycles. The van der Waals surface area contributed by atoms with Crippen LogP contribution in [0, 0.1) is 0 Å². The average molecular weight is 123 g/mol. The number of nitrogens with zero attached hydrogens (tertiary/aromatic N) is 2. The topological polar surface area (TPSA) is 40.1 Å². The van der Waals surface area contributed by atoms with Crippen molar-refractivity contribution in [3.05, 3.63) is 17.5 Å². The first-order valence-electron chi connectivity index (χ1n) is 3.02. The summed E-state index contributed by atoms with van der Waals surface area (Å²) < 4.78 is 4.95. The Morgan fingerprint density at radius 1 is 1.56 bits per heavy atom. The minimum atomic E-state index is 0.791. The molecule has 1 aliphatic rings. The summed E-state index contributed by atoms with van der Waals surface area (Å²) in [5, 5.41) is 7.86. The Kier molecular flexibility index (Phi) is 1.02. The molecule has 47 valence electrons. The quantitative estimate of drug-likeness (QED) is 0.499. The van der Waals surface area contributed by atoms with Crippen molar-refractivity contribution in [1.29, 1.82) is 0 Å². The Morgan fingerprint density at radius 2 is 2.56 bits per heavy atom. The first-order valence-corrected chi connectivity index (χ1v) is 3.02. The molecule has 2 rings (SSSR count). The van der Waals surface area contributed by atoms with Crippen LogP contribution in [0.15, 0.2) is 10.7 Å². The highest BCUT2D eigenvalue weighted by Gasteiger charge is 2.12. The lowest BCUT2D eigenvalue weighted by Gasteiger charge is -2.06. The van der Waals surface area contributed by atoms with Crippen LogP contribution in [0.2, 0.25) is 0 Å². The van der Waals surface area contributed by atoms with Crippen molar-refractivity contribution in [1.82, 2.24) is 10.5 Å². The van der Waals surface area contributed by atoms with Gasteiger partial charge in [0.15, 0.2) is 0 Å². The van der Waals surface area contributed by atoms with E-state index in [9.17, 15) is 0 Å². The van der Waals surface area contributed by atoms with Crippen LogP contribution in [0.25, 0.3) is 0 Å². The van der Waals surface area contributed by atoms with Gasteiger partial charge in [0.25, 0.3) is 0 Å². The lowest BCUT2D eigenvalue weighted by molar-refractivity contribution is 0.371. The molecule has 0 saturated carbocycles. The fourth-order valence-corrected chi connectivity index (χ4v) is 1.000. The third kappa shape index (κ3) is 0.733. The Hall–Kier alpha value is -0.830. The number of fused-ring (bicyclic) bond motifs is 1. The van der Waals surface area contributed by atoms with Gasteiger partial charge in [-0.05, 0) is 0 Å². The highest BCUT2D eigenvalue weighted by atomic mass is 16.5. The minimum Gasteiger partial charge on any atom is -0.361 e. The van der Waals surface area contributed by atoms with Gasteiger partial charge in [0.1, 0.15) is 5.76 Å². The molecule has 0 atom stereocenters. The third-order valence-corrected chi connectivity index (χ3v) is 1.51. The molecule has 3 heteroatoms. The second-order valence-corrected chi connectivity index (χ2v) is 2.13. The average Bonchev–Trinajstić information content (AvgIpc) is 2.33. The molecule has 1 radical (unpaired) electrons. The van der Waals surface area contributed by atoms with Gasteiger partial charge in [0.05, 0.1) is 6.20 Å². The first kappa shape index (κ1) is 4.99. The minimum absolute atomic E-state index is 0.791.